The van der Waals surface area contributed by atoms with E-state index in [0.29, 0.717) is 23.8 Å². The van der Waals surface area contributed by atoms with Gasteiger partial charge in [-0.25, -0.2) is 0 Å². The van der Waals surface area contributed by atoms with Crippen molar-refractivity contribution in [2.75, 3.05) is 18.5 Å². The molecule has 0 unspecified atom stereocenters. The van der Waals surface area contributed by atoms with Crippen molar-refractivity contribution in [3.05, 3.63) is 29.8 Å². The minimum absolute atomic E-state index is 0.0401. The molecule has 0 aliphatic heterocycles. The molecule has 0 aromatic heterocycles. The summed E-state index contributed by atoms with van der Waals surface area (Å²) in [7, 11) is 0. The lowest BCUT2D eigenvalue weighted by Gasteiger charge is -2.10. The predicted octanol–water partition coefficient (Wildman–Crippen LogP) is 2.32. The number of rotatable bonds is 7. The standard InChI is InChI=1S/C14H20N2O2S/c1-10(2)7-8-18-9-13(17)16-12-6-4-3-5-11(12)14(15)19/h3-6,10H,7-9H2,1-2H3,(H2,15,19)(H,16,17). The van der Waals surface area contributed by atoms with E-state index in [0.717, 1.165) is 6.42 Å². The van der Waals surface area contributed by atoms with E-state index in [1.165, 1.54) is 0 Å². The number of benzene rings is 1. The fourth-order valence-corrected chi connectivity index (χ4v) is 1.66. The van der Waals surface area contributed by atoms with Gasteiger partial charge in [0.25, 0.3) is 0 Å². The van der Waals surface area contributed by atoms with E-state index < -0.39 is 0 Å². The molecule has 0 aliphatic carbocycles. The fourth-order valence-electron chi connectivity index (χ4n) is 1.48. The van der Waals surface area contributed by atoms with Crippen molar-refractivity contribution in [2.24, 2.45) is 11.7 Å². The number of nitrogens with one attached hydrogen (secondary N) is 1. The van der Waals surface area contributed by atoms with Gasteiger partial charge in [-0.2, -0.15) is 0 Å². The molecule has 5 heteroatoms. The van der Waals surface area contributed by atoms with Gasteiger partial charge < -0.3 is 15.8 Å². The number of thiocarbonyl (C=S) groups is 1. The number of hydrogen-bond acceptors (Lipinski definition) is 3. The fraction of sp³-hybridized carbons (Fsp3) is 0.429. The van der Waals surface area contributed by atoms with Crippen molar-refractivity contribution < 1.29 is 9.53 Å². The lowest BCUT2D eigenvalue weighted by atomic mass is 10.1. The van der Waals surface area contributed by atoms with Crippen molar-refractivity contribution in [1.29, 1.82) is 0 Å². The summed E-state index contributed by atoms with van der Waals surface area (Å²) in [5.41, 5.74) is 6.87. The summed E-state index contributed by atoms with van der Waals surface area (Å²) in [6, 6.07) is 7.18. The first-order valence-electron chi connectivity index (χ1n) is 6.27. The summed E-state index contributed by atoms with van der Waals surface area (Å²) >= 11 is 4.93. The van der Waals surface area contributed by atoms with Crippen LogP contribution < -0.4 is 11.1 Å². The molecule has 19 heavy (non-hydrogen) atoms. The quantitative estimate of drug-likeness (QED) is 0.594. The van der Waals surface area contributed by atoms with Crippen molar-refractivity contribution in [3.8, 4) is 0 Å². The van der Waals surface area contributed by atoms with Gasteiger partial charge in [0.1, 0.15) is 11.6 Å². The third kappa shape index (κ3) is 5.81. The van der Waals surface area contributed by atoms with Gasteiger partial charge in [-0.05, 0) is 24.5 Å². The normalized spacial score (nSPS) is 10.5. The molecule has 0 aliphatic rings. The summed E-state index contributed by atoms with van der Waals surface area (Å²) in [5.74, 6) is 0.367. The molecule has 1 amide bonds. The van der Waals surface area contributed by atoms with Gasteiger partial charge in [0.05, 0.1) is 5.69 Å². The van der Waals surface area contributed by atoms with Crippen LogP contribution in [0.15, 0.2) is 24.3 Å². The molecule has 104 valence electrons. The van der Waals surface area contributed by atoms with Gasteiger partial charge in [0.2, 0.25) is 5.91 Å². The zero-order valence-corrected chi connectivity index (χ0v) is 12.1. The van der Waals surface area contributed by atoms with Crippen LogP contribution in [0.25, 0.3) is 0 Å². The summed E-state index contributed by atoms with van der Waals surface area (Å²) in [6.45, 7) is 4.85. The van der Waals surface area contributed by atoms with Crippen molar-refractivity contribution in [3.63, 3.8) is 0 Å². The second-order valence-electron chi connectivity index (χ2n) is 4.69. The molecule has 0 atom stereocenters. The second kappa shape index (κ2) is 7.86. The Kier molecular flexibility index (Phi) is 6.45. The van der Waals surface area contributed by atoms with Crippen LogP contribution in [0.2, 0.25) is 0 Å². The highest BCUT2D eigenvalue weighted by molar-refractivity contribution is 7.80. The third-order valence-corrected chi connectivity index (χ3v) is 2.76. The Morgan fingerprint density at radius 2 is 2.11 bits per heavy atom. The molecular weight excluding hydrogens is 260 g/mol. The number of hydrogen-bond donors (Lipinski definition) is 2. The van der Waals surface area contributed by atoms with Gasteiger partial charge in [-0.3, -0.25) is 4.79 Å². The van der Waals surface area contributed by atoms with Crippen LogP contribution in [0, 0.1) is 5.92 Å². The number of para-hydroxylation sites is 1. The third-order valence-electron chi connectivity index (χ3n) is 2.54. The van der Waals surface area contributed by atoms with Crippen LogP contribution in [0.1, 0.15) is 25.8 Å². The molecule has 1 aromatic carbocycles. The molecular formula is C14H20N2O2S. The van der Waals surface area contributed by atoms with Gasteiger partial charge >= 0.3 is 0 Å². The van der Waals surface area contributed by atoms with E-state index in [1.807, 2.05) is 12.1 Å². The van der Waals surface area contributed by atoms with Crippen molar-refractivity contribution >= 4 is 28.8 Å². The topological polar surface area (TPSA) is 64.3 Å². The first kappa shape index (κ1) is 15.6. The lowest BCUT2D eigenvalue weighted by molar-refractivity contribution is -0.120. The second-order valence-corrected chi connectivity index (χ2v) is 5.13. The van der Waals surface area contributed by atoms with Gasteiger partial charge in [-0.15, -0.1) is 0 Å². The van der Waals surface area contributed by atoms with Crippen LogP contribution in [-0.4, -0.2) is 24.1 Å². The molecule has 0 saturated carbocycles. The largest absolute Gasteiger partial charge is 0.389 e. The van der Waals surface area contributed by atoms with Crippen LogP contribution in [0.4, 0.5) is 5.69 Å². The number of nitrogens with two attached hydrogens (primary N) is 1. The Bertz CT molecular complexity index is 447. The Hall–Kier alpha value is -1.46. The number of carbonyl (C=O) groups excluding carboxylic acids is 1. The van der Waals surface area contributed by atoms with Gasteiger partial charge in [0.15, 0.2) is 0 Å². The zero-order valence-electron chi connectivity index (χ0n) is 11.3. The average molecular weight is 280 g/mol. The molecule has 0 fully saturated rings. The highest BCUT2D eigenvalue weighted by atomic mass is 32.1. The molecule has 0 bridgehead atoms. The maximum atomic E-state index is 11.7. The smallest absolute Gasteiger partial charge is 0.250 e. The number of anilines is 1. The maximum Gasteiger partial charge on any atom is 0.250 e. The van der Waals surface area contributed by atoms with Crippen molar-refractivity contribution in [1.82, 2.24) is 0 Å². The number of amides is 1. The van der Waals surface area contributed by atoms with E-state index in [1.54, 1.807) is 12.1 Å². The first-order chi connectivity index (χ1) is 9.00. The monoisotopic (exact) mass is 280 g/mol. The highest BCUT2D eigenvalue weighted by Crippen LogP contribution is 2.14. The molecule has 0 spiro atoms. The summed E-state index contributed by atoms with van der Waals surface area (Å²) < 4.78 is 5.30. The zero-order chi connectivity index (χ0) is 14.3. The molecule has 0 heterocycles. The van der Waals surface area contributed by atoms with Gasteiger partial charge in [0, 0.05) is 12.2 Å². The van der Waals surface area contributed by atoms with Crippen molar-refractivity contribution in [2.45, 2.75) is 20.3 Å². The maximum absolute atomic E-state index is 11.7. The molecule has 3 N–H and O–H groups in total. The molecule has 1 aromatic rings. The Labute approximate surface area is 119 Å². The minimum atomic E-state index is -0.201. The van der Waals surface area contributed by atoms with E-state index >= 15 is 0 Å². The molecule has 0 saturated heterocycles. The highest BCUT2D eigenvalue weighted by Gasteiger charge is 2.08. The van der Waals surface area contributed by atoms with Gasteiger partial charge in [-0.1, -0.05) is 38.2 Å². The molecule has 4 nitrogen and oxygen atoms in total. The van der Waals surface area contributed by atoms with Crippen LogP contribution in [-0.2, 0) is 9.53 Å². The summed E-state index contributed by atoms with van der Waals surface area (Å²) in [5, 5.41) is 2.75. The molecule has 1 rings (SSSR count). The Morgan fingerprint density at radius 3 is 2.74 bits per heavy atom. The number of carbonyl (C=O) groups is 1. The van der Waals surface area contributed by atoms with Crippen LogP contribution in [0.5, 0.6) is 0 Å². The average Bonchev–Trinajstić information content (AvgIpc) is 2.35. The van der Waals surface area contributed by atoms with Crippen LogP contribution in [0.3, 0.4) is 0 Å². The summed E-state index contributed by atoms with van der Waals surface area (Å²) in [6.07, 6.45) is 0.941. The SMILES string of the molecule is CC(C)CCOCC(=O)Nc1ccccc1C(N)=S. The first-order valence-corrected chi connectivity index (χ1v) is 6.68. The van der Waals surface area contributed by atoms with E-state index in [9.17, 15) is 4.79 Å². The Morgan fingerprint density at radius 1 is 1.42 bits per heavy atom. The number of ether oxygens (including phenoxy) is 1. The van der Waals surface area contributed by atoms with E-state index in [4.69, 9.17) is 22.7 Å². The predicted molar refractivity (Wildman–Crippen MR) is 81.2 cm³/mol. The Balaban J connectivity index is 2.46. The minimum Gasteiger partial charge on any atom is -0.389 e. The van der Waals surface area contributed by atoms with E-state index in [-0.39, 0.29) is 17.5 Å². The lowest BCUT2D eigenvalue weighted by Crippen LogP contribution is -2.21. The van der Waals surface area contributed by atoms with E-state index in [2.05, 4.69) is 19.2 Å². The molecule has 0 radical (unpaired) electrons. The summed E-state index contributed by atoms with van der Waals surface area (Å²) in [4.78, 5) is 12.0. The van der Waals surface area contributed by atoms with Crippen LogP contribution >= 0.6 is 12.2 Å².